The molecular formula is C27H29N9O3. The first-order valence-corrected chi connectivity index (χ1v) is 12.6. The average molecular weight is 528 g/mol. The summed E-state index contributed by atoms with van der Waals surface area (Å²) in [6.07, 6.45) is 6.70. The number of ether oxygens (including phenoxy) is 2. The number of nitriles is 1. The van der Waals surface area contributed by atoms with Crippen molar-refractivity contribution in [1.29, 1.82) is 5.26 Å². The normalized spacial score (nSPS) is 15.5. The molecule has 2 aromatic heterocycles. The molecule has 0 spiro atoms. The van der Waals surface area contributed by atoms with E-state index in [9.17, 15) is 10.4 Å². The van der Waals surface area contributed by atoms with E-state index in [1.807, 2.05) is 31.2 Å². The second kappa shape index (κ2) is 11.7. The van der Waals surface area contributed by atoms with Crippen molar-refractivity contribution in [1.82, 2.24) is 30.2 Å². The molecule has 0 amide bonds. The summed E-state index contributed by atoms with van der Waals surface area (Å²) < 4.78 is 13.2. The molecule has 200 valence electrons. The Labute approximate surface area is 225 Å². The molecule has 1 aliphatic heterocycles. The van der Waals surface area contributed by atoms with Crippen LogP contribution in [0.3, 0.4) is 0 Å². The van der Waals surface area contributed by atoms with Gasteiger partial charge in [0.2, 0.25) is 5.95 Å². The zero-order valence-electron chi connectivity index (χ0n) is 21.7. The minimum absolute atomic E-state index is 0.131. The second-order valence-electron chi connectivity index (χ2n) is 9.26. The molecule has 0 aliphatic carbocycles. The first-order chi connectivity index (χ1) is 19.1. The molecule has 0 bridgehead atoms. The maximum absolute atomic E-state index is 9.67. The molecule has 1 unspecified atom stereocenters. The fourth-order valence-corrected chi connectivity index (χ4v) is 4.66. The van der Waals surface area contributed by atoms with Crippen molar-refractivity contribution in [2.75, 3.05) is 30.5 Å². The van der Waals surface area contributed by atoms with Gasteiger partial charge in [-0.1, -0.05) is 6.07 Å². The molecule has 5 rings (SSSR count). The number of nitrogens with zero attached hydrogens (tertiary/aromatic N) is 8. The summed E-state index contributed by atoms with van der Waals surface area (Å²) in [6.45, 7) is 3.37. The van der Waals surface area contributed by atoms with E-state index < -0.39 is 0 Å². The number of rotatable bonds is 10. The van der Waals surface area contributed by atoms with Crippen LogP contribution in [0.2, 0.25) is 0 Å². The van der Waals surface area contributed by atoms with Crippen LogP contribution >= 0.6 is 0 Å². The van der Waals surface area contributed by atoms with Gasteiger partial charge in [0.05, 0.1) is 37.6 Å². The molecule has 2 N–H and O–H groups in total. The first kappa shape index (κ1) is 25.9. The molecule has 0 radical (unpaired) electrons. The summed E-state index contributed by atoms with van der Waals surface area (Å²) in [6, 6.07) is 13.6. The zero-order valence-corrected chi connectivity index (χ0v) is 21.7. The van der Waals surface area contributed by atoms with Crippen molar-refractivity contribution in [2.45, 2.75) is 38.5 Å². The highest BCUT2D eigenvalue weighted by atomic mass is 16.5. The Balaban J connectivity index is 1.30. The Morgan fingerprint density at radius 3 is 2.72 bits per heavy atom. The van der Waals surface area contributed by atoms with Gasteiger partial charge in [0.15, 0.2) is 0 Å². The summed E-state index contributed by atoms with van der Waals surface area (Å²) >= 11 is 0. The third-order valence-corrected chi connectivity index (χ3v) is 6.60. The second-order valence-corrected chi connectivity index (χ2v) is 9.26. The highest BCUT2D eigenvalue weighted by Gasteiger charge is 2.24. The molecule has 3 heterocycles. The van der Waals surface area contributed by atoms with Crippen molar-refractivity contribution in [3.05, 3.63) is 60.7 Å². The lowest BCUT2D eigenvalue weighted by atomic mass is 10.1. The van der Waals surface area contributed by atoms with Crippen molar-refractivity contribution < 1.29 is 14.6 Å². The predicted molar refractivity (Wildman–Crippen MR) is 144 cm³/mol. The number of anilines is 3. The molecule has 2 atom stereocenters. The highest BCUT2D eigenvalue weighted by molar-refractivity contribution is 5.70. The minimum Gasteiger partial charge on any atom is -0.494 e. The average Bonchev–Trinajstić information content (AvgIpc) is 3.66. The Morgan fingerprint density at radius 2 is 2.00 bits per heavy atom. The third-order valence-electron chi connectivity index (χ3n) is 6.60. The van der Waals surface area contributed by atoms with Crippen LogP contribution in [0.4, 0.5) is 17.3 Å². The SMILES string of the molecule is COc1cc(N2CCCC2CO)ccc1Nc1ncc(-c2ccc(C#N)c(O[C@@H](C)Cn3cnnn3)c2)cn1. The van der Waals surface area contributed by atoms with Gasteiger partial charge in [-0.15, -0.1) is 5.10 Å². The van der Waals surface area contributed by atoms with Crippen LogP contribution in [0.15, 0.2) is 55.1 Å². The lowest BCUT2D eigenvalue weighted by Gasteiger charge is -2.26. The summed E-state index contributed by atoms with van der Waals surface area (Å²) in [4.78, 5) is 11.2. The molecule has 0 saturated carbocycles. The van der Waals surface area contributed by atoms with Crippen molar-refractivity contribution in [2.24, 2.45) is 0 Å². The van der Waals surface area contributed by atoms with Crippen molar-refractivity contribution in [3.63, 3.8) is 0 Å². The number of aliphatic hydroxyl groups excluding tert-OH is 1. The van der Waals surface area contributed by atoms with Crippen LogP contribution in [-0.2, 0) is 6.54 Å². The van der Waals surface area contributed by atoms with E-state index in [0.29, 0.717) is 29.6 Å². The van der Waals surface area contributed by atoms with Gasteiger partial charge in [0.1, 0.15) is 30.0 Å². The van der Waals surface area contributed by atoms with Gasteiger partial charge in [0, 0.05) is 36.3 Å². The Morgan fingerprint density at radius 1 is 1.15 bits per heavy atom. The van der Waals surface area contributed by atoms with Crippen LogP contribution in [0.5, 0.6) is 11.5 Å². The van der Waals surface area contributed by atoms with E-state index in [-0.39, 0.29) is 18.8 Å². The minimum atomic E-state index is -0.264. The number of tetrazole rings is 1. The van der Waals surface area contributed by atoms with Crippen LogP contribution in [0.1, 0.15) is 25.3 Å². The lowest BCUT2D eigenvalue weighted by molar-refractivity contribution is 0.192. The van der Waals surface area contributed by atoms with Crippen LogP contribution in [0, 0.1) is 11.3 Å². The predicted octanol–water partition coefficient (Wildman–Crippen LogP) is 3.18. The quantitative estimate of drug-likeness (QED) is 0.313. The number of nitrogens with one attached hydrogen (secondary N) is 1. The number of aromatic nitrogens is 6. The topological polar surface area (TPSA) is 147 Å². The molecule has 1 fully saturated rings. The number of benzene rings is 2. The smallest absolute Gasteiger partial charge is 0.227 e. The molecule has 12 nitrogen and oxygen atoms in total. The molecule has 39 heavy (non-hydrogen) atoms. The maximum atomic E-state index is 9.67. The van der Waals surface area contributed by atoms with Crippen LogP contribution in [-0.4, -0.2) is 67.7 Å². The molecule has 2 aromatic carbocycles. The molecule has 4 aromatic rings. The number of methoxy groups -OCH3 is 1. The van der Waals surface area contributed by atoms with Crippen LogP contribution < -0.4 is 19.7 Å². The lowest BCUT2D eigenvalue weighted by Crippen LogP contribution is -2.31. The summed E-state index contributed by atoms with van der Waals surface area (Å²) in [5.41, 5.74) is 3.76. The van der Waals surface area contributed by atoms with Gasteiger partial charge in [0.25, 0.3) is 0 Å². The first-order valence-electron chi connectivity index (χ1n) is 12.6. The Bertz CT molecular complexity index is 1440. The number of hydrogen-bond acceptors (Lipinski definition) is 11. The van der Waals surface area contributed by atoms with Gasteiger partial charge in [-0.3, -0.25) is 0 Å². The molecule has 1 aliphatic rings. The van der Waals surface area contributed by atoms with Crippen molar-refractivity contribution in [3.8, 4) is 28.7 Å². The van der Waals surface area contributed by atoms with Gasteiger partial charge >= 0.3 is 0 Å². The van der Waals surface area contributed by atoms with E-state index in [4.69, 9.17) is 9.47 Å². The molecule has 1 saturated heterocycles. The fourth-order valence-electron chi connectivity index (χ4n) is 4.66. The zero-order chi connectivity index (χ0) is 27.2. The summed E-state index contributed by atoms with van der Waals surface area (Å²) in [5.74, 6) is 1.54. The molecule has 12 heteroatoms. The highest BCUT2D eigenvalue weighted by Crippen LogP contribution is 2.34. The largest absolute Gasteiger partial charge is 0.494 e. The fraction of sp³-hybridized carbons (Fsp3) is 0.333. The van der Waals surface area contributed by atoms with Gasteiger partial charge < -0.3 is 24.8 Å². The van der Waals surface area contributed by atoms with E-state index in [1.165, 1.54) is 6.33 Å². The monoisotopic (exact) mass is 527 g/mol. The molecular weight excluding hydrogens is 498 g/mol. The summed E-state index contributed by atoms with van der Waals surface area (Å²) in [5, 5.41) is 33.6. The van der Waals surface area contributed by atoms with Gasteiger partial charge in [-0.05, 0) is 60.0 Å². The Kier molecular flexibility index (Phi) is 7.79. The van der Waals surface area contributed by atoms with Crippen molar-refractivity contribution >= 4 is 17.3 Å². The number of aliphatic hydroxyl groups is 1. The van der Waals surface area contributed by atoms with E-state index in [0.717, 1.165) is 41.9 Å². The maximum Gasteiger partial charge on any atom is 0.227 e. The third kappa shape index (κ3) is 5.89. The number of hydrogen-bond donors (Lipinski definition) is 2. The van der Waals surface area contributed by atoms with E-state index >= 15 is 0 Å². The van der Waals surface area contributed by atoms with Gasteiger partial charge in [-0.25, -0.2) is 14.6 Å². The summed E-state index contributed by atoms with van der Waals surface area (Å²) in [7, 11) is 1.62. The van der Waals surface area contributed by atoms with E-state index in [1.54, 1.807) is 36.3 Å². The van der Waals surface area contributed by atoms with Crippen LogP contribution in [0.25, 0.3) is 11.1 Å². The van der Waals surface area contributed by atoms with E-state index in [2.05, 4.69) is 41.8 Å². The standard InChI is InChI=1S/C27H29N9O3/c1-18(15-35-17-31-33-34-35)39-25-10-19(5-6-20(25)12-28)21-13-29-27(30-14-21)32-24-8-7-22(11-26(24)38-2)36-9-3-4-23(36)16-37/h5-8,10-11,13-14,17-18,23,37H,3-4,9,15-16H2,1-2H3,(H,29,30,32)/t18-,23?/m0/s1. The Hall–Kier alpha value is -4.76. The van der Waals surface area contributed by atoms with Gasteiger partial charge in [-0.2, -0.15) is 5.26 Å².